The van der Waals surface area contributed by atoms with Crippen molar-refractivity contribution in [2.24, 2.45) is 0 Å². The van der Waals surface area contributed by atoms with E-state index < -0.39 is 11.8 Å². The number of aromatic nitrogens is 2. The Hall–Kier alpha value is -3.81. The smallest absolute Gasteiger partial charge is 0.340 e. The Bertz CT molecular complexity index is 1010. The van der Waals surface area contributed by atoms with Crippen molar-refractivity contribution in [3.8, 4) is 0 Å². The molecule has 1 heterocycles. The van der Waals surface area contributed by atoms with Gasteiger partial charge in [-0.05, 0) is 48.9 Å². The molecule has 0 aliphatic rings. The third kappa shape index (κ3) is 5.58. The summed E-state index contributed by atoms with van der Waals surface area (Å²) in [6.45, 7) is 2.01. The zero-order valence-electron chi connectivity index (χ0n) is 15.7. The quantitative estimate of drug-likeness (QED) is 0.594. The number of carbonyl (C=O) groups is 2. The number of rotatable bonds is 7. The second-order valence-electron chi connectivity index (χ2n) is 6.05. The first kappa shape index (κ1) is 19.9. The van der Waals surface area contributed by atoms with Crippen LogP contribution in [-0.2, 0) is 16.0 Å². The summed E-state index contributed by atoms with van der Waals surface area (Å²) < 4.78 is 18.2. The van der Waals surface area contributed by atoms with E-state index in [-0.39, 0.29) is 24.8 Å². The van der Waals surface area contributed by atoms with E-state index in [1.54, 1.807) is 55.5 Å². The lowest BCUT2D eigenvalue weighted by Gasteiger charge is -2.10. The molecular formula is C21H19FN4O3. The Labute approximate surface area is 166 Å². The normalized spacial score (nSPS) is 10.3. The molecule has 2 N–H and O–H groups in total. The van der Waals surface area contributed by atoms with Gasteiger partial charge >= 0.3 is 5.97 Å². The van der Waals surface area contributed by atoms with Gasteiger partial charge in [0, 0.05) is 0 Å². The third-order valence-corrected chi connectivity index (χ3v) is 3.87. The van der Waals surface area contributed by atoms with Gasteiger partial charge in [0.15, 0.2) is 11.6 Å². The van der Waals surface area contributed by atoms with Gasteiger partial charge in [-0.25, -0.2) is 9.18 Å². The number of benzene rings is 2. The minimum absolute atomic E-state index is 0.0202. The molecule has 0 saturated carbocycles. The van der Waals surface area contributed by atoms with E-state index >= 15 is 0 Å². The molecule has 0 atom stereocenters. The average Bonchev–Trinajstić information content (AvgIpc) is 2.70. The molecule has 0 bridgehead atoms. The predicted octanol–water partition coefficient (Wildman–Crippen LogP) is 3.72. The summed E-state index contributed by atoms with van der Waals surface area (Å²) in [7, 11) is 0. The first-order chi connectivity index (χ1) is 14.0. The van der Waals surface area contributed by atoms with Crippen LogP contribution in [0.1, 0.15) is 22.8 Å². The van der Waals surface area contributed by atoms with E-state index in [4.69, 9.17) is 4.74 Å². The largest absolute Gasteiger partial charge is 0.462 e. The van der Waals surface area contributed by atoms with Crippen molar-refractivity contribution >= 4 is 29.2 Å². The minimum Gasteiger partial charge on any atom is -0.462 e. The van der Waals surface area contributed by atoms with Crippen LogP contribution in [0.5, 0.6) is 0 Å². The van der Waals surface area contributed by atoms with Crippen molar-refractivity contribution < 1.29 is 18.7 Å². The highest BCUT2D eigenvalue weighted by Crippen LogP contribution is 2.20. The molecule has 3 aromatic rings. The number of esters is 1. The second-order valence-corrected chi connectivity index (χ2v) is 6.05. The molecule has 0 unspecified atom stereocenters. The molecular weight excluding hydrogens is 375 g/mol. The van der Waals surface area contributed by atoms with Crippen molar-refractivity contribution in [3.63, 3.8) is 0 Å². The third-order valence-electron chi connectivity index (χ3n) is 3.87. The van der Waals surface area contributed by atoms with Crippen LogP contribution in [0.2, 0.25) is 0 Å². The minimum atomic E-state index is -0.440. The molecule has 1 aromatic heterocycles. The number of nitrogens with one attached hydrogen (secondary N) is 2. The monoisotopic (exact) mass is 394 g/mol. The Morgan fingerprint density at radius 2 is 1.76 bits per heavy atom. The van der Waals surface area contributed by atoms with Gasteiger partial charge < -0.3 is 15.4 Å². The number of para-hydroxylation sites is 1. The predicted molar refractivity (Wildman–Crippen MR) is 106 cm³/mol. The number of halogens is 1. The second kappa shape index (κ2) is 9.41. The van der Waals surface area contributed by atoms with E-state index in [0.29, 0.717) is 22.6 Å². The SMILES string of the molecule is CCOC(=O)c1ccccc1Nc1ccc(NC(=O)Cc2cccc(F)c2)nn1. The van der Waals surface area contributed by atoms with Crippen LogP contribution in [0.25, 0.3) is 0 Å². The maximum absolute atomic E-state index is 13.2. The van der Waals surface area contributed by atoms with Gasteiger partial charge in [-0.15, -0.1) is 10.2 Å². The summed E-state index contributed by atoms with van der Waals surface area (Å²) in [5.41, 5.74) is 1.47. The molecule has 2 aromatic carbocycles. The summed E-state index contributed by atoms with van der Waals surface area (Å²) in [6, 6.07) is 15.9. The molecule has 148 valence electrons. The Kier molecular flexibility index (Phi) is 6.47. The lowest BCUT2D eigenvalue weighted by molar-refractivity contribution is -0.115. The van der Waals surface area contributed by atoms with E-state index in [1.807, 2.05) is 0 Å². The van der Waals surface area contributed by atoms with Crippen LogP contribution in [0.15, 0.2) is 60.7 Å². The van der Waals surface area contributed by atoms with Crippen LogP contribution in [-0.4, -0.2) is 28.7 Å². The van der Waals surface area contributed by atoms with Gasteiger partial charge in [-0.2, -0.15) is 0 Å². The highest BCUT2D eigenvalue weighted by Gasteiger charge is 2.13. The van der Waals surface area contributed by atoms with E-state index in [2.05, 4.69) is 20.8 Å². The summed E-state index contributed by atoms with van der Waals surface area (Å²) in [4.78, 5) is 24.1. The lowest BCUT2D eigenvalue weighted by atomic mass is 10.1. The maximum Gasteiger partial charge on any atom is 0.340 e. The molecule has 0 radical (unpaired) electrons. The van der Waals surface area contributed by atoms with Gasteiger partial charge in [-0.3, -0.25) is 4.79 Å². The van der Waals surface area contributed by atoms with Gasteiger partial charge in [-0.1, -0.05) is 24.3 Å². The number of hydrogen-bond acceptors (Lipinski definition) is 6. The highest BCUT2D eigenvalue weighted by atomic mass is 19.1. The van der Waals surface area contributed by atoms with E-state index in [1.165, 1.54) is 12.1 Å². The molecule has 0 aliphatic heterocycles. The van der Waals surface area contributed by atoms with Crippen LogP contribution in [0.3, 0.4) is 0 Å². The Morgan fingerprint density at radius 3 is 2.48 bits per heavy atom. The molecule has 1 amide bonds. The molecule has 29 heavy (non-hydrogen) atoms. The van der Waals surface area contributed by atoms with E-state index in [9.17, 15) is 14.0 Å². The number of nitrogens with zero attached hydrogens (tertiary/aromatic N) is 2. The van der Waals surface area contributed by atoms with Crippen molar-refractivity contribution in [3.05, 3.63) is 77.6 Å². The summed E-state index contributed by atoms with van der Waals surface area (Å²) in [6.07, 6.45) is 0.0202. The summed E-state index contributed by atoms with van der Waals surface area (Å²) >= 11 is 0. The maximum atomic E-state index is 13.2. The summed E-state index contributed by atoms with van der Waals surface area (Å²) in [5, 5.41) is 13.6. The van der Waals surface area contributed by atoms with Crippen molar-refractivity contribution in [2.45, 2.75) is 13.3 Å². The van der Waals surface area contributed by atoms with Crippen LogP contribution >= 0.6 is 0 Å². The topological polar surface area (TPSA) is 93.2 Å². The molecule has 0 fully saturated rings. The summed E-state index contributed by atoms with van der Waals surface area (Å²) in [5.74, 6) is -0.516. The standard InChI is InChI=1S/C21H19FN4O3/c1-2-29-21(28)16-8-3-4-9-17(16)23-18-10-11-19(26-25-18)24-20(27)13-14-6-5-7-15(22)12-14/h3-12H,2,13H2,1H3,(H,23,25)(H,24,26,27). The highest BCUT2D eigenvalue weighted by molar-refractivity contribution is 5.96. The molecule has 0 spiro atoms. The molecule has 3 rings (SSSR count). The van der Waals surface area contributed by atoms with Gasteiger partial charge in [0.25, 0.3) is 0 Å². The zero-order valence-corrected chi connectivity index (χ0v) is 15.7. The molecule has 0 saturated heterocycles. The van der Waals surface area contributed by atoms with Crippen molar-refractivity contribution in [1.29, 1.82) is 0 Å². The lowest BCUT2D eigenvalue weighted by Crippen LogP contribution is -2.16. The molecule has 7 nitrogen and oxygen atoms in total. The first-order valence-electron chi connectivity index (χ1n) is 8.96. The fourth-order valence-corrected chi connectivity index (χ4v) is 2.60. The van der Waals surface area contributed by atoms with Crippen LogP contribution in [0.4, 0.5) is 21.7 Å². The van der Waals surface area contributed by atoms with Gasteiger partial charge in [0.05, 0.1) is 24.3 Å². The van der Waals surface area contributed by atoms with Gasteiger partial charge in [0.2, 0.25) is 5.91 Å². The number of carbonyl (C=O) groups excluding carboxylic acids is 2. The molecule has 0 aliphatic carbocycles. The Morgan fingerprint density at radius 1 is 1.00 bits per heavy atom. The number of amides is 1. The van der Waals surface area contributed by atoms with Crippen LogP contribution < -0.4 is 10.6 Å². The van der Waals surface area contributed by atoms with Crippen molar-refractivity contribution in [2.75, 3.05) is 17.2 Å². The zero-order chi connectivity index (χ0) is 20.6. The van der Waals surface area contributed by atoms with E-state index in [0.717, 1.165) is 0 Å². The van der Waals surface area contributed by atoms with Crippen LogP contribution in [0, 0.1) is 5.82 Å². The number of anilines is 3. The fraction of sp³-hybridized carbons (Fsp3) is 0.143. The average molecular weight is 394 g/mol. The fourth-order valence-electron chi connectivity index (χ4n) is 2.60. The van der Waals surface area contributed by atoms with Gasteiger partial charge in [0.1, 0.15) is 5.82 Å². The van der Waals surface area contributed by atoms with Crippen molar-refractivity contribution in [1.82, 2.24) is 10.2 Å². The number of hydrogen-bond donors (Lipinski definition) is 2. The molecule has 8 heteroatoms. The number of ether oxygens (including phenoxy) is 1. The first-order valence-corrected chi connectivity index (χ1v) is 8.96. The Balaban J connectivity index is 1.64.